The average molecular weight is 476 g/mol. The maximum Gasteiger partial charge on any atom is 0.289 e. The molecule has 0 saturated heterocycles. The van der Waals surface area contributed by atoms with E-state index in [2.05, 4.69) is 4.99 Å². The van der Waals surface area contributed by atoms with Crippen LogP contribution in [0.4, 0.5) is 5.69 Å². The number of aromatic nitrogens is 1. The molecule has 31 heavy (non-hydrogen) atoms. The summed E-state index contributed by atoms with van der Waals surface area (Å²) < 4.78 is 27.2. The first-order chi connectivity index (χ1) is 14.7. The van der Waals surface area contributed by atoms with Crippen molar-refractivity contribution in [1.82, 2.24) is 4.57 Å². The average Bonchev–Trinajstić information content (AvgIpc) is 3.28. The zero-order valence-electron chi connectivity index (χ0n) is 16.6. The van der Waals surface area contributed by atoms with Gasteiger partial charge in [0.15, 0.2) is 14.6 Å². The van der Waals surface area contributed by atoms with Gasteiger partial charge in [0.1, 0.15) is 0 Å². The molecule has 160 valence electrons. The molecular formula is C20H17N3O5S3. The van der Waals surface area contributed by atoms with E-state index < -0.39 is 20.7 Å². The number of benzene rings is 2. The molecule has 0 aliphatic heterocycles. The normalized spacial score (nSPS) is 12.6. The molecule has 0 radical (unpaired) electrons. The summed E-state index contributed by atoms with van der Waals surface area (Å²) >= 11 is 2.48. The van der Waals surface area contributed by atoms with Crippen molar-refractivity contribution in [2.24, 2.45) is 4.99 Å². The largest absolute Gasteiger partial charge is 0.316 e. The van der Waals surface area contributed by atoms with Crippen LogP contribution in [-0.4, -0.2) is 30.1 Å². The van der Waals surface area contributed by atoms with E-state index in [1.165, 1.54) is 34.8 Å². The van der Waals surface area contributed by atoms with Crippen molar-refractivity contribution in [3.8, 4) is 0 Å². The van der Waals surface area contributed by atoms with Gasteiger partial charge in [-0.05, 0) is 36.8 Å². The lowest BCUT2D eigenvalue weighted by atomic mass is 10.2. The van der Waals surface area contributed by atoms with Crippen LogP contribution < -0.4 is 4.80 Å². The number of nitro groups is 1. The number of sulfone groups is 1. The third kappa shape index (κ3) is 4.16. The molecule has 4 rings (SSSR count). The van der Waals surface area contributed by atoms with Crippen molar-refractivity contribution in [1.29, 1.82) is 0 Å². The summed E-state index contributed by atoms with van der Waals surface area (Å²) in [7, 11) is -3.35. The van der Waals surface area contributed by atoms with Crippen molar-refractivity contribution in [2.45, 2.75) is 24.8 Å². The lowest BCUT2D eigenvalue weighted by Gasteiger charge is -2.03. The molecule has 0 atom stereocenters. The van der Waals surface area contributed by atoms with Crippen molar-refractivity contribution in [3.05, 3.63) is 62.3 Å². The summed E-state index contributed by atoms with van der Waals surface area (Å²) in [5.74, 6) is -0.441. The predicted octanol–water partition coefficient (Wildman–Crippen LogP) is 4.38. The topological polar surface area (TPSA) is 112 Å². The highest BCUT2D eigenvalue weighted by Gasteiger charge is 2.15. The number of hydrogen-bond donors (Lipinski definition) is 0. The summed E-state index contributed by atoms with van der Waals surface area (Å²) in [6.45, 7) is 2.63. The number of amides is 1. The van der Waals surface area contributed by atoms with Crippen molar-refractivity contribution in [3.63, 3.8) is 0 Å². The second kappa shape index (κ2) is 7.98. The second-order valence-corrected chi connectivity index (χ2v) is 11.1. The standard InChI is InChI=1S/C20H17N3O5S3/c1-3-8-22-15-6-5-14(31(2,27)28)11-17(15)30-20(22)21-19(24)18-10-12-9-13(23(25)26)4-7-16(12)29-18/h4-7,9-11H,3,8H2,1-2H3. The highest BCUT2D eigenvalue weighted by molar-refractivity contribution is 7.90. The summed E-state index contributed by atoms with van der Waals surface area (Å²) in [6, 6.07) is 11.0. The Bertz CT molecular complexity index is 1530. The SMILES string of the molecule is CCCn1c(=NC(=O)c2cc3cc([N+](=O)[O-])ccc3s2)sc2cc(S(C)(=O)=O)ccc21. The van der Waals surface area contributed by atoms with Gasteiger partial charge in [0.25, 0.3) is 11.6 Å². The number of carbonyl (C=O) groups is 1. The molecule has 0 aliphatic rings. The minimum Gasteiger partial charge on any atom is -0.316 e. The molecule has 0 fully saturated rings. The number of aryl methyl sites for hydroxylation is 1. The highest BCUT2D eigenvalue weighted by Crippen LogP contribution is 2.29. The van der Waals surface area contributed by atoms with Gasteiger partial charge in [-0.3, -0.25) is 14.9 Å². The Morgan fingerprint density at radius 1 is 1.13 bits per heavy atom. The number of hydrogen-bond acceptors (Lipinski definition) is 7. The van der Waals surface area contributed by atoms with E-state index in [1.54, 1.807) is 30.3 Å². The Labute approximate surface area is 185 Å². The molecule has 2 heterocycles. The third-order valence-corrected chi connectivity index (χ3v) is 7.90. The Morgan fingerprint density at radius 3 is 2.58 bits per heavy atom. The molecule has 2 aromatic heterocycles. The molecule has 11 heteroatoms. The minimum absolute atomic E-state index is 0.0341. The number of nitro benzene ring substituents is 1. The van der Waals surface area contributed by atoms with Crippen LogP contribution in [0.5, 0.6) is 0 Å². The van der Waals surface area contributed by atoms with E-state index >= 15 is 0 Å². The van der Waals surface area contributed by atoms with Crippen molar-refractivity contribution < 1.29 is 18.1 Å². The molecule has 0 N–H and O–H groups in total. The fourth-order valence-corrected chi connectivity index (χ4v) is 5.94. The summed E-state index contributed by atoms with van der Waals surface area (Å²) in [5, 5.41) is 11.6. The van der Waals surface area contributed by atoms with Crippen LogP contribution in [0.15, 0.2) is 52.4 Å². The Balaban J connectivity index is 1.82. The minimum atomic E-state index is -3.35. The molecule has 0 unspecified atom stereocenters. The van der Waals surface area contributed by atoms with Crippen LogP contribution in [0.25, 0.3) is 20.3 Å². The summed E-state index contributed by atoms with van der Waals surface area (Å²) in [6.07, 6.45) is 1.97. The smallest absolute Gasteiger partial charge is 0.289 e. The first-order valence-electron chi connectivity index (χ1n) is 9.28. The van der Waals surface area contributed by atoms with Gasteiger partial charge < -0.3 is 4.57 Å². The van der Waals surface area contributed by atoms with Crippen LogP contribution in [0.3, 0.4) is 0 Å². The fourth-order valence-electron chi connectivity index (χ4n) is 3.20. The number of fused-ring (bicyclic) bond motifs is 2. The zero-order valence-corrected chi connectivity index (χ0v) is 19.0. The number of thiazole rings is 1. The molecule has 8 nitrogen and oxygen atoms in total. The zero-order chi connectivity index (χ0) is 22.3. The maximum absolute atomic E-state index is 12.9. The van der Waals surface area contributed by atoms with E-state index in [-0.39, 0.29) is 10.6 Å². The monoisotopic (exact) mass is 475 g/mol. The number of thiophene rings is 1. The Morgan fingerprint density at radius 2 is 1.90 bits per heavy atom. The van der Waals surface area contributed by atoms with Gasteiger partial charge in [-0.15, -0.1) is 11.3 Å². The van der Waals surface area contributed by atoms with E-state index in [4.69, 9.17) is 0 Å². The summed E-state index contributed by atoms with van der Waals surface area (Å²) in [4.78, 5) is 28.8. The summed E-state index contributed by atoms with van der Waals surface area (Å²) in [5.41, 5.74) is 0.783. The van der Waals surface area contributed by atoms with Gasteiger partial charge in [-0.25, -0.2) is 8.42 Å². The van der Waals surface area contributed by atoms with Crippen LogP contribution in [0.2, 0.25) is 0 Å². The van der Waals surface area contributed by atoms with Crippen LogP contribution in [-0.2, 0) is 16.4 Å². The number of nitrogens with zero attached hydrogens (tertiary/aromatic N) is 3. The molecule has 1 amide bonds. The van der Waals surface area contributed by atoms with Crippen LogP contribution in [0.1, 0.15) is 23.0 Å². The Hall–Kier alpha value is -2.89. The van der Waals surface area contributed by atoms with E-state index in [1.807, 2.05) is 11.5 Å². The van der Waals surface area contributed by atoms with Gasteiger partial charge in [0.05, 0.1) is 24.9 Å². The molecular weight excluding hydrogens is 458 g/mol. The molecule has 4 aromatic rings. The third-order valence-electron chi connectivity index (χ3n) is 4.65. The van der Waals surface area contributed by atoms with E-state index in [0.717, 1.165) is 27.6 Å². The van der Waals surface area contributed by atoms with E-state index in [0.29, 0.717) is 21.6 Å². The van der Waals surface area contributed by atoms with Gasteiger partial charge in [-0.2, -0.15) is 4.99 Å². The molecule has 0 saturated carbocycles. The van der Waals surface area contributed by atoms with Gasteiger partial charge in [-0.1, -0.05) is 18.3 Å². The lowest BCUT2D eigenvalue weighted by Crippen LogP contribution is -2.16. The van der Waals surface area contributed by atoms with Gasteiger partial charge in [0.2, 0.25) is 0 Å². The Kier molecular flexibility index (Phi) is 5.50. The second-order valence-electron chi connectivity index (χ2n) is 6.94. The number of non-ortho nitro benzene ring substituents is 1. The van der Waals surface area contributed by atoms with Crippen LogP contribution >= 0.6 is 22.7 Å². The number of carbonyl (C=O) groups excluding carboxylic acids is 1. The number of rotatable bonds is 5. The molecule has 0 bridgehead atoms. The predicted molar refractivity (Wildman–Crippen MR) is 122 cm³/mol. The van der Waals surface area contributed by atoms with Crippen LogP contribution in [0, 0.1) is 10.1 Å². The van der Waals surface area contributed by atoms with E-state index in [9.17, 15) is 23.3 Å². The first kappa shape index (κ1) is 21.3. The lowest BCUT2D eigenvalue weighted by molar-refractivity contribution is -0.384. The molecule has 2 aromatic carbocycles. The quantitative estimate of drug-likeness (QED) is 0.314. The molecule has 0 aliphatic carbocycles. The maximum atomic E-state index is 12.9. The van der Waals surface area contributed by atoms with Crippen molar-refractivity contribution in [2.75, 3.05) is 6.26 Å². The first-order valence-corrected chi connectivity index (χ1v) is 12.8. The van der Waals surface area contributed by atoms with Crippen molar-refractivity contribution >= 4 is 64.4 Å². The van der Waals surface area contributed by atoms with Gasteiger partial charge in [0, 0.05) is 35.0 Å². The fraction of sp³-hybridized carbons (Fsp3) is 0.200. The van der Waals surface area contributed by atoms with Gasteiger partial charge >= 0.3 is 0 Å². The molecule has 0 spiro atoms. The highest BCUT2D eigenvalue weighted by atomic mass is 32.2.